The first kappa shape index (κ1) is 33.5. The third-order valence-electron chi connectivity index (χ3n) is 5.99. The predicted molar refractivity (Wildman–Crippen MR) is 160 cm³/mol. The number of hydrogen-bond acceptors (Lipinski definition) is 6. The molecule has 0 aromatic heterocycles. The molecule has 0 saturated carbocycles. The van der Waals surface area contributed by atoms with Gasteiger partial charge >= 0.3 is 12.2 Å². The van der Waals surface area contributed by atoms with E-state index < -0.39 is 41.6 Å². The van der Waals surface area contributed by atoms with E-state index >= 15 is 0 Å². The van der Waals surface area contributed by atoms with Crippen molar-refractivity contribution in [2.24, 2.45) is 5.92 Å². The number of nitrogens with one attached hydrogen (secondary N) is 2. The summed E-state index contributed by atoms with van der Waals surface area (Å²) >= 11 is 0. The Labute approximate surface area is 245 Å². The molecule has 2 rings (SSSR count). The molecular weight excluding hydrogens is 520 g/mol. The van der Waals surface area contributed by atoms with Crippen LogP contribution in [0.1, 0.15) is 72.9 Å². The summed E-state index contributed by atoms with van der Waals surface area (Å²) in [7, 11) is 0. The quantitative estimate of drug-likeness (QED) is 0.305. The van der Waals surface area contributed by atoms with E-state index in [9.17, 15) is 14.7 Å². The van der Waals surface area contributed by atoms with Crippen LogP contribution in [0.5, 0.6) is 5.75 Å². The molecular formula is C33H46N2O6. The van der Waals surface area contributed by atoms with Gasteiger partial charge in [-0.25, -0.2) is 9.59 Å². The molecule has 0 radical (unpaired) electrons. The third-order valence-corrected chi connectivity index (χ3v) is 5.99. The Kier molecular flexibility index (Phi) is 12.5. The second kappa shape index (κ2) is 15.3. The molecule has 8 nitrogen and oxygen atoms in total. The van der Waals surface area contributed by atoms with Crippen molar-refractivity contribution in [1.29, 1.82) is 0 Å². The normalized spacial score (nSPS) is 14.4. The molecule has 0 saturated heterocycles. The lowest BCUT2D eigenvalue weighted by atomic mass is 9.94. The van der Waals surface area contributed by atoms with Crippen LogP contribution in [0.2, 0.25) is 0 Å². The average molecular weight is 567 g/mol. The van der Waals surface area contributed by atoms with Gasteiger partial charge in [-0.05, 0) is 70.7 Å². The number of aliphatic hydroxyl groups excluding tert-OH is 1. The SMILES string of the molecule is CC[C@H](C)[C@@H](NC(=O)OC(C)(C)C)[C@H](O)C#C[C@H](Cc1ccc(OCc2ccccc2)cc1)NC(=O)OC(C)(C)C. The standard InChI is InChI=1S/C33H46N2O6/c1-9-23(2)29(35-31(38)41-33(6,7)8)28(36)20-17-26(34-30(37)40-32(3,4)5)21-24-15-18-27(19-16-24)39-22-25-13-11-10-12-14-25/h10-16,18-19,23,26,28-29,36H,9,21-22H2,1-8H3,(H,34,37)(H,35,38)/t23-,26+,28+,29+/m0/s1. The van der Waals surface area contributed by atoms with Crippen LogP contribution in [0.25, 0.3) is 0 Å². The van der Waals surface area contributed by atoms with E-state index in [1.165, 1.54) is 0 Å². The van der Waals surface area contributed by atoms with Gasteiger partial charge in [0.2, 0.25) is 0 Å². The maximum Gasteiger partial charge on any atom is 0.408 e. The molecule has 3 N–H and O–H groups in total. The highest BCUT2D eigenvalue weighted by Gasteiger charge is 2.28. The van der Waals surface area contributed by atoms with Gasteiger partial charge in [0, 0.05) is 6.42 Å². The zero-order valence-corrected chi connectivity index (χ0v) is 25.6. The minimum absolute atomic E-state index is 0.0764. The van der Waals surface area contributed by atoms with E-state index in [-0.39, 0.29) is 5.92 Å². The Balaban J connectivity index is 2.18. The number of ether oxygens (including phenoxy) is 3. The van der Waals surface area contributed by atoms with E-state index in [2.05, 4.69) is 22.5 Å². The minimum Gasteiger partial charge on any atom is -0.489 e. The highest BCUT2D eigenvalue weighted by molar-refractivity contribution is 5.69. The molecule has 0 aliphatic carbocycles. The molecule has 0 heterocycles. The van der Waals surface area contributed by atoms with Crippen LogP contribution in [0.4, 0.5) is 9.59 Å². The summed E-state index contributed by atoms with van der Waals surface area (Å²) in [6, 6.07) is 16.1. The summed E-state index contributed by atoms with van der Waals surface area (Å²) in [5.41, 5.74) is 0.625. The van der Waals surface area contributed by atoms with Crippen molar-refractivity contribution in [3.8, 4) is 17.6 Å². The average Bonchev–Trinajstić information content (AvgIpc) is 2.88. The molecule has 4 atom stereocenters. The highest BCUT2D eigenvalue weighted by atomic mass is 16.6. The Morgan fingerprint density at radius 2 is 1.39 bits per heavy atom. The van der Waals surface area contributed by atoms with Gasteiger partial charge in [0.1, 0.15) is 29.7 Å². The molecule has 0 aliphatic heterocycles. The van der Waals surface area contributed by atoms with Gasteiger partial charge in [-0.3, -0.25) is 0 Å². The summed E-state index contributed by atoms with van der Waals surface area (Å²) in [6.45, 7) is 15.0. The fourth-order valence-electron chi connectivity index (χ4n) is 3.79. The zero-order chi connectivity index (χ0) is 30.6. The van der Waals surface area contributed by atoms with Crippen LogP contribution in [0.3, 0.4) is 0 Å². The Bertz CT molecular complexity index is 1160. The fraction of sp³-hybridized carbons (Fsp3) is 0.515. The minimum atomic E-state index is -1.19. The molecule has 41 heavy (non-hydrogen) atoms. The van der Waals surface area contributed by atoms with Crippen molar-refractivity contribution in [2.75, 3.05) is 0 Å². The van der Waals surface area contributed by atoms with E-state index in [0.717, 1.165) is 16.9 Å². The smallest absolute Gasteiger partial charge is 0.408 e. The second-order valence-corrected chi connectivity index (χ2v) is 12.1. The van der Waals surface area contributed by atoms with Crippen molar-refractivity contribution in [3.05, 3.63) is 65.7 Å². The highest BCUT2D eigenvalue weighted by Crippen LogP contribution is 2.17. The molecule has 0 aliphatic rings. The first-order valence-electron chi connectivity index (χ1n) is 14.1. The summed E-state index contributed by atoms with van der Waals surface area (Å²) in [6.07, 6.45) is -1.35. The predicted octanol–water partition coefficient (Wildman–Crippen LogP) is 6.01. The summed E-state index contributed by atoms with van der Waals surface area (Å²) in [5.74, 6) is 6.48. The van der Waals surface area contributed by atoms with Crippen molar-refractivity contribution in [1.82, 2.24) is 10.6 Å². The van der Waals surface area contributed by atoms with Gasteiger partial charge in [-0.2, -0.15) is 0 Å². The van der Waals surface area contributed by atoms with Gasteiger partial charge in [0.15, 0.2) is 0 Å². The number of rotatable bonds is 10. The number of alkyl carbamates (subject to hydrolysis) is 2. The van der Waals surface area contributed by atoms with Crippen molar-refractivity contribution < 1.29 is 28.9 Å². The van der Waals surface area contributed by atoms with Crippen molar-refractivity contribution in [2.45, 2.75) is 104 Å². The topological polar surface area (TPSA) is 106 Å². The van der Waals surface area contributed by atoms with Gasteiger partial charge in [0.05, 0.1) is 12.1 Å². The lowest BCUT2D eigenvalue weighted by Crippen LogP contribution is -2.48. The Morgan fingerprint density at radius 3 is 1.93 bits per heavy atom. The van der Waals surface area contributed by atoms with E-state index in [4.69, 9.17) is 14.2 Å². The summed E-state index contributed by atoms with van der Waals surface area (Å²) in [5, 5.41) is 16.5. The number of benzene rings is 2. The van der Waals surface area contributed by atoms with Crippen LogP contribution in [0.15, 0.2) is 54.6 Å². The van der Waals surface area contributed by atoms with Gasteiger partial charge in [0.25, 0.3) is 0 Å². The molecule has 8 heteroatoms. The summed E-state index contributed by atoms with van der Waals surface area (Å²) in [4.78, 5) is 25.0. The first-order valence-corrected chi connectivity index (χ1v) is 14.1. The molecule has 2 aromatic carbocycles. The van der Waals surface area contributed by atoms with Crippen molar-refractivity contribution in [3.63, 3.8) is 0 Å². The first-order chi connectivity index (χ1) is 19.1. The number of aliphatic hydroxyl groups is 1. The molecule has 0 spiro atoms. The lowest BCUT2D eigenvalue weighted by molar-refractivity contribution is 0.0421. The van der Waals surface area contributed by atoms with Crippen LogP contribution >= 0.6 is 0 Å². The van der Waals surface area contributed by atoms with Crippen LogP contribution < -0.4 is 15.4 Å². The third kappa shape index (κ3) is 13.5. The fourth-order valence-corrected chi connectivity index (χ4v) is 3.79. The number of amides is 2. The van der Waals surface area contributed by atoms with Crippen LogP contribution in [-0.2, 0) is 22.5 Å². The lowest BCUT2D eigenvalue weighted by Gasteiger charge is -2.28. The van der Waals surface area contributed by atoms with Gasteiger partial charge in [-0.15, -0.1) is 0 Å². The van der Waals surface area contributed by atoms with Crippen LogP contribution in [0, 0.1) is 17.8 Å². The van der Waals surface area contributed by atoms with Crippen LogP contribution in [-0.4, -0.2) is 46.7 Å². The Morgan fingerprint density at radius 1 is 0.829 bits per heavy atom. The van der Waals surface area contributed by atoms with Gasteiger partial charge in [-0.1, -0.05) is 74.6 Å². The molecule has 2 aromatic rings. The number of carbonyl (C=O) groups excluding carboxylic acids is 2. The van der Waals surface area contributed by atoms with E-state index in [1.54, 1.807) is 41.5 Å². The largest absolute Gasteiger partial charge is 0.489 e. The molecule has 0 fully saturated rings. The second-order valence-electron chi connectivity index (χ2n) is 12.1. The number of carbonyl (C=O) groups is 2. The maximum atomic E-state index is 12.6. The molecule has 224 valence electrons. The monoisotopic (exact) mass is 566 g/mol. The maximum absolute atomic E-state index is 12.6. The number of hydrogen-bond donors (Lipinski definition) is 3. The summed E-state index contributed by atoms with van der Waals surface area (Å²) < 4.78 is 16.7. The molecule has 2 amide bonds. The van der Waals surface area contributed by atoms with E-state index in [0.29, 0.717) is 19.4 Å². The van der Waals surface area contributed by atoms with Crippen molar-refractivity contribution >= 4 is 12.2 Å². The molecule has 0 unspecified atom stereocenters. The van der Waals surface area contributed by atoms with Gasteiger partial charge < -0.3 is 30.0 Å². The van der Waals surface area contributed by atoms with E-state index in [1.807, 2.05) is 68.4 Å². The zero-order valence-electron chi connectivity index (χ0n) is 25.6. The molecule has 0 bridgehead atoms. The Hall–Kier alpha value is -3.70.